The first-order valence-electron chi connectivity index (χ1n) is 8.85. The molecular weight excluding hydrogens is 471 g/mol. The molecule has 0 saturated carbocycles. The van der Waals surface area contributed by atoms with Crippen molar-refractivity contribution < 1.29 is 14.6 Å². The molecule has 1 amide bonds. The highest BCUT2D eigenvalue weighted by Gasteiger charge is 2.05. The van der Waals surface area contributed by atoms with Crippen molar-refractivity contribution in [2.24, 2.45) is 4.99 Å². The van der Waals surface area contributed by atoms with Crippen LogP contribution in [0.2, 0.25) is 0 Å². The zero-order valence-corrected chi connectivity index (χ0v) is 18.4. The van der Waals surface area contributed by atoms with Crippen molar-refractivity contribution in [2.45, 2.75) is 13.5 Å². The molecule has 28 heavy (non-hydrogen) atoms. The van der Waals surface area contributed by atoms with Crippen molar-refractivity contribution in [3.05, 3.63) is 59.7 Å². The zero-order chi connectivity index (χ0) is 19.5. The fourth-order valence-electron chi connectivity index (χ4n) is 2.41. The summed E-state index contributed by atoms with van der Waals surface area (Å²) in [5, 5.41) is 18.4. The predicted octanol–water partition coefficient (Wildman–Crippen LogP) is 2.50. The van der Waals surface area contributed by atoms with Crippen molar-refractivity contribution >= 4 is 35.8 Å². The van der Waals surface area contributed by atoms with Crippen molar-refractivity contribution in [2.75, 3.05) is 26.7 Å². The molecule has 8 heteroatoms. The van der Waals surface area contributed by atoms with Crippen LogP contribution in [-0.4, -0.2) is 43.7 Å². The maximum atomic E-state index is 12.0. The lowest BCUT2D eigenvalue weighted by Crippen LogP contribution is -2.41. The first-order valence-corrected chi connectivity index (χ1v) is 8.85. The molecule has 0 aromatic heterocycles. The number of guanidine groups is 1. The number of phenolic OH excluding ortho intramolecular Hbond substituents is 1. The number of aliphatic imine (C=N–C) groups is 1. The Bertz CT molecular complexity index is 766. The van der Waals surface area contributed by atoms with Crippen molar-refractivity contribution in [1.82, 2.24) is 16.0 Å². The van der Waals surface area contributed by atoms with Gasteiger partial charge in [0.25, 0.3) is 5.91 Å². The topological polar surface area (TPSA) is 95.0 Å². The molecule has 0 aliphatic rings. The van der Waals surface area contributed by atoms with Crippen LogP contribution in [0.4, 0.5) is 0 Å². The molecule has 7 nitrogen and oxygen atoms in total. The molecule has 0 aliphatic carbocycles. The smallest absolute Gasteiger partial charge is 0.251 e. The predicted molar refractivity (Wildman–Crippen MR) is 122 cm³/mol. The van der Waals surface area contributed by atoms with Crippen LogP contribution in [0.15, 0.2) is 53.5 Å². The minimum absolute atomic E-state index is 0. The van der Waals surface area contributed by atoms with E-state index >= 15 is 0 Å². The van der Waals surface area contributed by atoms with E-state index in [9.17, 15) is 9.90 Å². The Morgan fingerprint density at radius 2 is 1.71 bits per heavy atom. The lowest BCUT2D eigenvalue weighted by molar-refractivity contribution is 0.0954. The van der Waals surface area contributed by atoms with E-state index in [0.29, 0.717) is 31.2 Å². The maximum Gasteiger partial charge on any atom is 0.251 e. The number of nitrogens with one attached hydrogen (secondary N) is 3. The molecule has 0 unspecified atom stereocenters. The largest absolute Gasteiger partial charge is 0.508 e. The first kappa shape index (κ1) is 23.5. The van der Waals surface area contributed by atoms with Crippen LogP contribution in [-0.2, 0) is 6.54 Å². The Labute approximate surface area is 182 Å². The van der Waals surface area contributed by atoms with Crippen LogP contribution >= 0.6 is 24.0 Å². The molecule has 0 spiro atoms. The first-order chi connectivity index (χ1) is 13.1. The van der Waals surface area contributed by atoms with E-state index in [2.05, 4.69) is 20.9 Å². The molecule has 0 aliphatic heterocycles. The second-order valence-electron chi connectivity index (χ2n) is 5.74. The molecule has 2 aromatic carbocycles. The third-order valence-electron chi connectivity index (χ3n) is 3.78. The van der Waals surface area contributed by atoms with Gasteiger partial charge in [0.15, 0.2) is 5.96 Å². The number of hydrogen-bond acceptors (Lipinski definition) is 4. The van der Waals surface area contributed by atoms with Gasteiger partial charge in [0.1, 0.15) is 11.5 Å². The summed E-state index contributed by atoms with van der Waals surface area (Å²) in [5.41, 5.74) is 1.50. The number of carbonyl (C=O) groups is 1. The van der Waals surface area contributed by atoms with Crippen LogP contribution in [0.1, 0.15) is 22.8 Å². The van der Waals surface area contributed by atoms with Gasteiger partial charge in [-0.25, -0.2) is 4.99 Å². The average Bonchev–Trinajstić information content (AvgIpc) is 2.69. The van der Waals surface area contributed by atoms with Gasteiger partial charge < -0.3 is 25.8 Å². The van der Waals surface area contributed by atoms with Gasteiger partial charge in [0.05, 0.1) is 13.7 Å². The number of halogens is 1. The normalized spacial score (nSPS) is 10.6. The fraction of sp³-hybridized carbons (Fsp3) is 0.300. The van der Waals surface area contributed by atoms with Crippen LogP contribution in [0.5, 0.6) is 11.5 Å². The van der Waals surface area contributed by atoms with Crippen molar-refractivity contribution in [3.8, 4) is 11.5 Å². The lowest BCUT2D eigenvalue weighted by atomic mass is 10.2. The average molecular weight is 498 g/mol. The summed E-state index contributed by atoms with van der Waals surface area (Å²) in [6.45, 7) is 4.18. The minimum Gasteiger partial charge on any atom is -0.508 e. The quantitative estimate of drug-likeness (QED) is 0.194. The van der Waals surface area contributed by atoms with Gasteiger partial charge in [-0.1, -0.05) is 18.2 Å². The zero-order valence-electron chi connectivity index (χ0n) is 16.1. The second-order valence-corrected chi connectivity index (χ2v) is 5.74. The van der Waals surface area contributed by atoms with Crippen molar-refractivity contribution in [1.29, 1.82) is 0 Å². The van der Waals surface area contributed by atoms with Gasteiger partial charge >= 0.3 is 0 Å². The number of para-hydroxylation sites is 1. The summed E-state index contributed by atoms with van der Waals surface area (Å²) in [6, 6.07) is 13.9. The number of rotatable bonds is 8. The summed E-state index contributed by atoms with van der Waals surface area (Å²) in [6.07, 6.45) is 0. The van der Waals surface area contributed by atoms with E-state index in [1.807, 2.05) is 31.2 Å². The van der Waals surface area contributed by atoms with Crippen LogP contribution in [0.25, 0.3) is 0 Å². The number of amides is 1. The number of hydrogen-bond donors (Lipinski definition) is 4. The summed E-state index contributed by atoms with van der Waals surface area (Å²) in [4.78, 5) is 16.6. The molecule has 2 aromatic rings. The number of aromatic hydroxyl groups is 1. The molecule has 0 radical (unpaired) electrons. The van der Waals surface area contributed by atoms with E-state index in [-0.39, 0.29) is 35.6 Å². The van der Waals surface area contributed by atoms with E-state index in [1.54, 1.807) is 19.2 Å². The number of phenols is 1. The molecule has 0 atom stereocenters. The van der Waals surface area contributed by atoms with Crippen LogP contribution in [0.3, 0.4) is 0 Å². The van der Waals surface area contributed by atoms with Crippen LogP contribution < -0.4 is 20.7 Å². The van der Waals surface area contributed by atoms with Gasteiger partial charge in [-0.15, -0.1) is 24.0 Å². The highest BCUT2D eigenvalue weighted by Crippen LogP contribution is 2.17. The molecular formula is C20H27IN4O3. The second kappa shape index (κ2) is 12.8. The Morgan fingerprint density at radius 1 is 1.04 bits per heavy atom. The van der Waals surface area contributed by atoms with E-state index in [4.69, 9.17) is 4.74 Å². The molecule has 2 rings (SSSR count). The molecule has 0 fully saturated rings. The Kier molecular flexibility index (Phi) is 10.8. The van der Waals surface area contributed by atoms with Gasteiger partial charge in [0.2, 0.25) is 0 Å². The fourth-order valence-corrected chi connectivity index (χ4v) is 2.41. The SMILES string of the molecule is CCNC(=NCc1ccccc1OC)NCCNC(=O)c1ccc(O)cc1.I. The highest BCUT2D eigenvalue weighted by molar-refractivity contribution is 14.0. The number of carbonyl (C=O) groups excluding carboxylic acids is 1. The molecule has 0 bridgehead atoms. The number of nitrogens with zero attached hydrogens (tertiary/aromatic N) is 1. The summed E-state index contributed by atoms with van der Waals surface area (Å²) >= 11 is 0. The highest BCUT2D eigenvalue weighted by atomic mass is 127. The lowest BCUT2D eigenvalue weighted by Gasteiger charge is -2.12. The van der Waals surface area contributed by atoms with E-state index in [0.717, 1.165) is 17.9 Å². The summed E-state index contributed by atoms with van der Waals surface area (Å²) < 4.78 is 5.34. The van der Waals surface area contributed by atoms with Gasteiger partial charge in [-0.05, 0) is 37.3 Å². The summed E-state index contributed by atoms with van der Waals surface area (Å²) in [7, 11) is 1.64. The van der Waals surface area contributed by atoms with E-state index in [1.165, 1.54) is 12.1 Å². The standard InChI is InChI=1S/C20H26N4O3.HI/c1-3-21-20(24-14-16-6-4-5-7-18(16)27-2)23-13-12-22-19(26)15-8-10-17(25)11-9-15;/h4-11,25H,3,12-14H2,1-2H3,(H,22,26)(H2,21,23,24);1H. The third-order valence-corrected chi connectivity index (χ3v) is 3.78. The molecule has 152 valence electrons. The van der Waals surface area contributed by atoms with Gasteiger partial charge in [-0.2, -0.15) is 0 Å². The van der Waals surface area contributed by atoms with Crippen LogP contribution in [0, 0.1) is 0 Å². The number of ether oxygens (including phenoxy) is 1. The molecule has 4 N–H and O–H groups in total. The van der Waals surface area contributed by atoms with Gasteiger partial charge in [0, 0.05) is 30.8 Å². The Hall–Kier alpha value is -2.49. The Balaban J connectivity index is 0.00000392. The van der Waals surface area contributed by atoms with E-state index < -0.39 is 0 Å². The third kappa shape index (κ3) is 7.63. The number of benzene rings is 2. The number of methoxy groups -OCH3 is 1. The maximum absolute atomic E-state index is 12.0. The van der Waals surface area contributed by atoms with Crippen molar-refractivity contribution in [3.63, 3.8) is 0 Å². The minimum atomic E-state index is -0.187. The molecule has 0 saturated heterocycles. The van der Waals surface area contributed by atoms with Gasteiger partial charge in [-0.3, -0.25) is 4.79 Å². The monoisotopic (exact) mass is 498 g/mol. The summed E-state index contributed by atoms with van der Waals surface area (Å²) in [5.74, 6) is 1.42. The molecule has 0 heterocycles. The Morgan fingerprint density at radius 3 is 2.39 bits per heavy atom.